The monoisotopic (exact) mass is 355 g/mol. The zero-order chi connectivity index (χ0) is 17.3. The molecule has 3 fully saturated rings. The SMILES string of the molecule is O=C(NCCN1CCOCC1)N1CCN(CCN2CCOCC2)CC1. The van der Waals surface area contributed by atoms with E-state index in [1.54, 1.807) is 0 Å². The van der Waals surface area contributed by atoms with Gasteiger partial charge in [0, 0.05) is 78.5 Å². The van der Waals surface area contributed by atoms with E-state index in [4.69, 9.17) is 9.47 Å². The Hall–Kier alpha value is -0.930. The quantitative estimate of drug-likeness (QED) is 0.658. The third-order valence-electron chi connectivity index (χ3n) is 5.30. The van der Waals surface area contributed by atoms with E-state index in [9.17, 15) is 4.79 Å². The van der Waals surface area contributed by atoms with Gasteiger partial charge in [-0.2, -0.15) is 0 Å². The molecule has 0 bridgehead atoms. The van der Waals surface area contributed by atoms with E-state index in [1.807, 2.05) is 4.90 Å². The van der Waals surface area contributed by atoms with Gasteiger partial charge in [0.05, 0.1) is 26.4 Å². The van der Waals surface area contributed by atoms with Gasteiger partial charge in [0.2, 0.25) is 0 Å². The van der Waals surface area contributed by atoms with Crippen molar-refractivity contribution in [3.63, 3.8) is 0 Å². The van der Waals surface area contributed by atoms with Crippen LogP contribution in [0.1, 0.15) is 0 Å². The maximum atomic E-state index is 12.3. The summed E-state index contributed by atoms with van der Waals surface area (Å²) in [5, 5.41) is 3.06. The number of nitrogens with one attached hydrogen (secondary N) is 1. The van der Waals surface area contributed by atoms with E-state index in [-0.39, 0.29) is 6.03 Å². The lowest BCUT2D eigenvalue weighted by Gasteiger charge is -2.36. The molecule has 0 saturated carbocycles. The van der Waals surface area contributed by atoms with Crippen LogP contribution < -0.4 is 5.32 Å². The Labute approximate surface area is 151 Å². The van der Waals surface area contributed by atoms with Crippen LogP contribution in [-0.4, -0.2) is 131 Å². The molecule has 3 aliphatic rings. The highest BCUT2D eigenvalue weighted by molar-refractivity contribution is 5.74. The van der Waals surface area contributed by atoms with E-state index < -0.39 is 0 Å². The second-order valence-electron chi connectivity index (χ2n) is 6.97. The van der Waals surface area contributed by atoms with Gasteiger partial charge in [-0.1, -0.05) is 0 Å². The van der Waals surface area contributed by atoms with Crippen molar-refractivity contribution >= 4 is 6.03 Å². The molecule has 0 radical (unpaired) electrons. The molecule has 0 spiro atoms. The van der Waals surface area contributed by atoms with E-state index >= 15 is 0 Å². The summed E-state index contributed by atoms with van der Waals surface area (Å²) in [4.78, 5) is 21.5. The zero-order valence-corrected chi connectivity index (χ0v) is 15.3. The molecule has 144 valence electrons. The number of amides is 2. The van der Waals surface area contributed by atoms with Gasteiger partial charge in [0.25, 0.3) is 0 Å². The average Bonchev–Trinajstić information content (AvgIpc) is 2.68. The molecule has 3 heterocycles. The number of carbonyl (C=O) groups excluding carboxylic acids is 1. The van der Waals surface area contributed by atoms with Crippen LogP contribution in [0, 0.1) is 0 Å². The van der Waals surface area contributed by atoms with Gasteiger partial charge < -0.3 is 19.7 Å². The largest absolute Gasteiger partial charge is 0.379 e. The summed E-state index contributed by atoms with van der Waals surface area (Å²) in [6, 6.07) is 0.0843. The predicted octanol–water partition coefficient (Wildman–Crippen LogP) is -1.02. The minimum atomic E-state index is 0.0843. The Morgan fingerprint density at radius 3 is 1.72 bits per heavy atom. The van der Waals surface area contributed by atoms with Crippen LogP contribution in [0.3, 0.4) is 0 Å². The molecule has 1 N–H and O–H groups in total. The molecule has 0 aliphatic carbocycles. The Morgan fingerprint density at radius 1 is 0.680 bits per heavy atom. The highest BCUT2D eigenvalue weighted by atomic mass is 16.5. The molecular weight excluding hydrogens is 322 g/mol. The highest BCUT2D eigenvalue weighted by Gasteiger charge is 2.21. The fourth-order valence-corrected chi connectivity index (χ4v) is 3.54. The molecule has 2 amide bonds. The number of ether oxygens (including phenoxy) is 2. The minimum Gasteiger partial charge on any atom is -0.379 e. The zero-order valence-electron chi connectivity index (χ0n) is 15.3. The predicted molar refractivity (Wildman–Crippen MR) is 95.9 cm³/mol. The normalized spacial score (nSPS) is 24.4. The third kappa shape index (κ3) is 6.38. The molecule has 25 heavy (non-hydrogen) atoms. The van der Waals surface area contributed by atoms with Gasteiger partial charge in [0.15, 0.2) is 0 Å². The second kappa shape index (κ2) is 10.3. The lowest BCUT2D eigenvalue weighted by molar-refractivity contribution is 0.0308. The molecule has 3 rings (SSSR count). The van der Waals surface area contributed by atoms with Gasteiger partial charge in [-0.05, 0) is 0 Å². The average molecular weight is 355 g/mol. The fourth-order valence-electron chi connectivity index (χ4n) is 3.54. The summed E-state index contributed by atoms with van der Waals surface area (Å²) in [6.07, 6.45) is 0. The molecule has 3 aliphatic heterocycles. The van der Waals surface area contributed by atoms with Crippen molar-refractivity contribution in [2.75, 3.05) is 105 Å². The lowest BCUT2D eigenvalue weighted by atomic mass is 10.3. The van der Waals surface area contributed by atoms with Crippen molar-refractivity contribution in [1.29, 1.82) is 0 Å². The van der Waals surface area contributed by atoms with Crippen LogP contribution in [0.5, 0.6) is 0 Å². The Kier molecular flexibility index (Phi) is 7.75. The summed E-state index contributed by atoms with van der Waals surface area (Å²) in [6.45, 7) is 14.8. The smallest absolute Gasteiger partial charge is 0.317 e. The fraction of sp³-hybridized carbons (Fsp3) is 0.941. The molecule has 0 aromatic rings. The Balaban J connectivity index is 1.25. The number of nitrogens with zero attached hydrogens (tertiary/aromatic N) is 4. The van der Waals surface area contributed by atoms with Gasteiger partial charge in [-0.3, -0.25) is 14.7 Å². The first-order chi connectivity index (χ1) is 12.3. The van der Waals surface area contributed by atoms with Crippen LogP contribution in [0.2, 0.25) is 0 Å². The first-order valence-electron chi connectivity index (χ1n) is 9.66. The van der Waals surface area contributed by atoms with Crippen molar-refractivity contribution in [3.8, 4) is 0 Å². The van der Waals surface area contributed by atoms with Gasteiger partial charge in [0.1, 0.15) is 0 Å². The molecule has 0 atom stereocenters. The van der Waals surface area contributed by atoms with Crippen molar-refractivity contribution in [2.24, 2.45) is 0 Å². The van der Waals surface area contributed by atoms with E-state index in [0.29, 0.717) is 0 Å². The van der Waals surface area contributed by atoms with E-state index in [2.05, 4.69) is 20.0 Å². The van der Waals surface area contributed by atoms with Crippen LogP contribution in [0.25, 0.3) is 0 Å². The lowest BCUT2D eigenvalue weighted by Crippen LogP contribution is -2.54. The van der Waals surface area contributed by atoms with Crippen molar-refractivity contribution in [2.45, 2.75) is 0 Å². The number of urea groups is 1. The third-order valence-corrected chi connectivity index (χ3v) is 5.30. The Bertz CT molecular complexity index is 392. The number of hydrogen-bond acceptors (Lipinski definition) is 6. The topological polar surface area (TPSA) is 60.5 Å². The van der Waals surface area contributed by atoms with Crippen LogP contribution >= 0.6 is 0 Å². The molecule has 8 nitrogen and oxygen atoms in total. The van der Waals surface area contributed by atoms with Gasteiger partial charge >= 0.3 is 6.03 Å². The van der Waals surface area contributed by atoms with Gasteiger partial charge in [-0.15, -0.1) is 0 Å². The van der Waals surface area contributed by atoms with Crippen LogP contribution in [0.15, 0.2) is 0 Å². The molecule has 0 aromatic carbocycles. The first kappa shape index (κ1) is 18.8. The summed E-state index contributed by atoms with van der Waals surface area (Å²) >= 11 is 0. The number of hydrogen-bond donors (Lipinski definition) is 1. The first-order valence-corrected chi connectivity index (χ1v) is 9.66. The molecule has 8 heteroatoms. The standard InChI is InChI=1S/C17H33N5O3/c23-17(18-1-2-19-9-13-24-14-10-19)22-7-5-20(6-8-22)3-4-21-11-15-25-16-12-21/h1-16H2,(H,18,23). The highest BCUT2D eigenvalue weighted by Crippen LogP contribution is 2.04. The number of rotatable bonds is 6. The molecule has 0 aromatic heterocycles. The molecule has 0 unspecified atom stereocenters. The van der Waals surface area contributed by atoms with Crippen molar-refractivity contribution in [1.82, 2.24) is 24.9 Å². The van der Waals surface area contributed by atoms with Crippen LogP contribution in [0.4, 0.5) is 4.79 Å². The summed E-state index contributed by atoms with van der Waals surface area (Å²) < 4.78 is 10.7. The van der Waals surface area contributed by atoms with Crippen LogP contribution in [-0.2, 0) is 9.47 Å². The number of carbonyl (C=O) groups is 1. The summed E-state index contributed by atoms with van der Waals surface area (Å²) in [5.41, 5.74) is 0. The van der Waals surface area contributed by atoms with E-state index in [0.717, 1.165) is 105 Å². The maximum Gasteiger partial charge on any atom is 0.317 e. The van der Waals surface area contributed by atoms with Crippen molar-refractivity contribution in [3.05, 3.63) is 0 Å². The van der Waals surface area contributed by atoms with Crippen molar-refractivity contribution < 1.29 is 14.3 Å². The minimum absolute atomic E-state index is 0.0843. The maximum absolute atomic E-state index is 12.3. The summed E-state index contributed by atoms with van der Waals surface area (Å²) in [5.74, 6) is 0. The number of piperazine rings is 1. The van der Waals surface area contributed by atoms with Gasteiger partial charge in [-0.25, -0.2) is 4.79 Å². The number of morpholine rings is 2. The Morgan fingerprint density at radius 2 is 1.16 bits per heavy atom. The summed E-state index contributed by atoms with van der Waals surface area (Å²) in [7, 11) is 0. The second-order valence-corrected chi connectivity index (χ2v) is 6.97. The molecule has 3 saturated heterocycles. The molecular formula is C17H33N5O3. The van der Waals surface area contributed by atoms with E-state index in [1.165, 1.54) is 0 Å².